The maximum Gasteiger partial charge on any atom is 0.232 e. The molecule has 0 aliphatic heterocycles. The molecular weight excluding hydrogens is 318 g/mol. The van der Waals surface area contributed by atoms with Crippen LogP contribution in [0.15, 0.2) is 42.3 Å². The van der Waals surface area contributed by atoms with Crippen molar-refractivity contribution in [3.05, 3.63) is 42.3 Å². The molecule has 118 valence electrons. The third kappa shape index (κ3) is 3.86. The van der Waals surface area contributed by atoms with E-state index in [1.54, 1.807) is 18.2 Å². The summed E-state index contributed by atoms with van der Waals surface area (Å²) in [7, 11) is -3.25. The van der Waals surface area contributed by atoms with E-state index in [1.807, 2.05) is 24.4 Å². The molecule has 0 saturated carbocycles. The Morgan fingerprint density at radius 2 is 2.05 bits per heavy atom. The van der Waals surface area contributed by atoms with E-state index < -0.39 is 10.0 Å². The van der Waals surface area contributed by atoms with Crippen LogP contribution in [0.25, 0.3) is 11.3 Å². The van der Waals surface area contributed by atoms with Gasteiger partial charge in [0.1, 0.15) is 0 Å². The average Bonchev–Trinajstić information content (AvgIpc) is 2.94. The van der Waals surface area contributed by atoms with Gasteiger partial charge >= 0.3 is 0 Å². The second kappa shape index (κ2) is 6.93. The van der Waals surface area contributed by atoms with Crippen LogP contribution in [0.5, 0.6) is 0 Å². The van der Waals surface area contributed by atoms with Crippen molar-refractivity contribution in [2.75, 3.05) is 29.0 Å². The van der Waals surface area contributed by atoms with Gasteiger partial charge in [0.25, 0.3) is 0 Å². The molecule has 1 aromatic carbocycles. The number of thiazole rings is 1. The first-order chi connectivity index (χ1) is 10.5. The van der Waals surface area contributed by atoms with Crippen LogP contribution in [0.1, 0.15) is 6.92 Å². The fourth-order valence-corrected chi connectivity index (χ4v) is 3.76. The second-order valence-corrected chi connectivity index (χ2v) is 7.45. The lowest BCUT2D eigenvalue weighted by Gasteiger charge is -2.20. The van der Waals surface area contributed by atoms with Crippen LogP contribution in [-0.4, -0.2) is 32.7 Å². The zero-order valence-electron chi connectivity index (χ0n) is 12.6. The summed E-state index contributed by atoms with van der Waals surface area (Å²) in [5.74, 6) is 0. The fraction of sp³-hybridized carbons (Fsp3) is 0.267. The molecule has 0 amide bonds. The average molecular weight is 337 g/mol. The third-order valence-electron chi connectivity index (χ3n) is 3.04. The lowest BCUT2D eigenvalue weighted by Crippen LogP contribution is -2.29. The van der Waals surface area contributed by atoms with Crippen molar-refractivity contribution in [1.82, 2.24) is 4.98 Å². The predicted octanol–water partition coefficient (Wildman–Crippen LogP) is 3.19. The van der Waals surface area contributed by atoms with Crippen molar-refractivity contribution in [2.24, 2.45) is 0 Å². The number of hydrogen-bond donors (Lipinski definition) is 1. The first-order valence-corrected chi connectivity index (χ1v) is 9.57. The Labute approximate surface area is 135 Å². The summed E-state index contributed by atoms with van der Waals surface area (Å²) in [5, 5.41) is 5.95. The van der Waals surface area contributed by atoms with Crippen molar-refractivity contribution >= 4 is 32.2 Å². The number of aromatic nitrogens is 1. The molecule has 0 spiro atoms. The molecule has 0 unspecified atom stereocenters. The molecule has 0 bridgehead atoms. The molecule has 0 saturated heterocycles. The SMILES string of the molecule is C=CCNc1nc(-c2ccc(N(CC)S(C)(=O)=O)cc2)cs1. The molecule has 2 rings (SSSR count). The third-order valence-corrected chi connectivity index (χ3v) is 5.11. The summed E-state index contributed by atoms with van der Waals surface area (Å²) >= 11 is 1.53. The van der Waals surface area contributed by atoms with Crippen molar-refractivity contribution in [3.63, 3.8) is 0 Å². The van der Waals surface area contributed by atoms with E-state index in [2.05, 4.69) is 16.9 Å². The van der Waals surface area contributed by atoms with Crippen molar-refractivity contribution < 1.29 is 8.42 Å². The first kappa shape index (κ1) is 16.5. The molecule has 0 aliphatic carbocycles. The molecule has 1 heterocycles. The summed E-state index contributed by atoms with van der Waals surface area (Å²) in [6.45, 7) is 6.55. The lowest BCUT2D eigenvalue weighted by atomic mass is 10.1. The van der Waals surface area contributed by atoms with Gasteiger partial charge in [-0.15, -0.1) is 17.9 Å². The van der Waals surface area contributed by atoms with Crippen molar-refractivity contribution in [3.8, 4) is 11.3 Å². The summed E-state index contributed by atoms with van der Waals surface area (Å²) < 4.78 is 24.8. The topological polar surface area (TPSA) is 62.3 Å². The normalized spacial score (nSPS) is 11.2. The number of sulfonamides is 1. The molecule has 5 nitrogen and oxygen atoms in total. The number of nitrogens with zero attached hydrogens (tertiary/aromatic N) is 2. The number of rotatable bonds is 7. The van der Waals surface area contributed by atoms with Gasteiger partial charge in [-0.05, 0) is 19.1 Å². The minimum absolute atomic E-state index is 0.407. The largest absolute Gasteiger partial charge is 0.358 e. The van der Waals surface area contributed by atoms with E-state index in [1.165, 1.54) is 21.9 Å². The van der Waals surface area contributed by atoms with Crippen LogP contribution in [0.4, 0.5) is 10.8 Å². The minimum atomic E-state index is -3.25. The number of nitrogens with one attached hydrogen (secondary N) is 1. The van der Waals surface area contributed by atoms with Gasteiger partial charge in [-0.3, -0.25) is 4.31 Å². The maximum atomic E-state index is 11.7. The summed E-state index contributed by atoms with van der Waals surface area (Å²) in [5.41, 5.74) is 2.48. The van der Waals surface area contributed by atoms with Gasteiger partial charge in [0.2, 0.25) is 10.0 Å². The standard InChI is InChI=1S/C15H19N3O2S2/c1-4-10-16-15-17-14(11-21-15)12-6-8-13(9-7-12)18(5-2)22(3,19)20/h4,6-9,11H,1,5,10H2,2-3H3,(H,16,17). The highest BCUT2D eigenvalue weighted by molar-refractivity contribution is 7.92. The molecule has 7 heteroatoms. The Kier molecular flexibility index (Phi) is 5.20. The Balaban J connectivity index is 2.21. The monoisotopic (exact) mass is 337 g/mol. The van der Waals surface area contributed by atoms with Gasteiger partial charge < -0.3 is 5.32 Å². The van der Waals surface area contributed by atoms with Crippen molar-refractivity contribution in [1.29, 1.82) is 0 Å². The van der Waals surface area contributed by atoms with E-state index in [0.29, 0.717) is 18.8 Å². The van der Waals surface area contributed by atoms with Crippen molar-refractivity contribution in [2.45, 2.75) is 6.92 Å². The van der Waals surface area contributed by atoms with Crippen LogP contribution in [0.3, 0.4) is 0 Å². The van der Waals surface area contributed by atoms with Gasteiger partial charge in [0.05, 0.1) is 17.6 Å². The lowest BCUT2D eigenvalue weighted by molar-refractivity contribution is 0.598. The number of hydrogen-bond acceptors (Lipinski definition) is 5. The molecule has 0 radical (unpaired) electrons. The van der Waals surface area contributed by atoms with E-state index >= 15 is 0 Å². The van der Waals surface area contributed by atoms with E-state index in [-0.39, 0.29) is 0 Å². The van der Waals surface area contributed by atoms with Crippen LogP contribution in [0.2, 0.25) is 0 Å². The number of anilines is 2. The Morgan fingerprint density at radius 3 is 2.59 bits per heavy atom. The van der Waals surface area contributed by atoms with E-state index in [0.717, 1.165) is 16.4 Å². The molecule has 0 aliphatic rings. The highest BCUT2D eigenvalue weighted by Crippen LogP contribution is 2.27. The number of benzene rings is 1. The van der Waals surface area contributed by atoms with Crippen LogP contribution < -0.4 is 9.62 Å². The predicted molar refractivity (Wildman–Crippen MR) is 94.1 cm³/mol. The van der Waals surface area contributed by atoms with Gasteiger partial charge in [0, 0.05) is 24.0 Å². The quantitative estimate of drug-likeness (QED) is 0.788. The van der Waals surface area contributed by atoms with E-state index in [4.69, 9.17) is 0 Å². The molecule has 1 aromatic heterocycles. The minimum Gasteiger partial charge on any atom is -0.358 e. The summed E-state index contributed by atoms with van der Waals surface area (Å²) in [4.78, 5) is 4.49. The van der Waals surface area contributed by atoms with Gasteiger partial charge in [-0.1, -0.05) is 18.2 Å². The van der Waals surface area contributed by atoms with E-state index in [9.17, 15) is 8.42 Å². The second-order valence-electron chi connectivity index (χ2n) is 4.68. The Bertz CT molecular complexity index is 736. The highest BCUT2D eigenvalue weighted by atomic mass is 32.2. The summed E-state index contributed by atoms with van der Waals surface area (Å²) in [6, 6.07) is 7.37. The van der Waals surface area contributed by atoms with Crippen LogP contribution >= 0.6 is 11.3 Å². The maximum absolute atomic E-state index is 11.7. The smallest absolute Gasteiger partial charge is 0.232 e. The zero-order chi connectivity index (χ0) is 16.2. The Morgan fingerprint density at radius 1 is 1.36 bits per heavy atom. The molecule has 0 atom stereocenters. The molecule has 22 heavy (non-hydrogen) atoms. The molecule has 0 fully saturated rings. The zero-order valence-corrected chi connectivity index (χ0v) is 14.2. The van der Waals surface area contributed by atoms with Crippen LogP contribution in [0, 0.1) is 0 Å². The van der Waals surface area contributed by atoms with Gasteiger partial charge in [0.15, 0.2) is 5.13 Å². The molecule has 1 N–H and O–H groups in total. The summed E-state index contributed by atoms with van der Waals surface area (Å²) in [6.07, 6.45) is 2.99. The molecule has 2 aromatic rings. The van der Waals surface area contributed by atoms with Gasteiger partial charge in [-0.2, -0.15) is 0 Å². The Hall–Kier alpha value is -1.86. The van der Waals surface area contributed by atoms with Gasteiger partial charge in [-0.25, -0.2) is 13.4 Å². The van der Waals surface area contributed by atoms with Crippen LogP contribution in [-0.2, 0) is 10.0 Å². The molecular formula is C15H19N3O2S2. The first-order valence-electron chi connectivity index (χ1n) is 6.84. The fourth-order valence-electron chi connectivity index (χ4n) is 2.05. The highest BCUT2D eigenvalue weighted by Gasteiger charge is 2.15.